The monoisotopic (exact) mass is 250 g/mol. The van der Waals surface area contributed by atoms with Gasteiger partial charge in [-0.05, 0) is 12.5 Å². The van der Waals surface area contributed by atoms with Crippen LogP contribution >= 0.6 is 11.6 Å². The van der Waals surface area contributed by atoms with E-state index in [0.717, 1.165) is 6.07 Å². The van der Waals surface area contributed by atoms with Gasteiger partial charge >= 0.3 is 5.97 Å². The number of aliphatic carboxylic acids is 1. The van der Waals surface area contributed by atoms with E-state index in [0.29, 0.717) is 0 Å². The van der Waals surface area contributed by atoms with Crippen molar-refractivity contribution in [3.63, 3.8) is 0 Å². The Kier molecular flexibility index (Phi) is 4.06. The fraction of sp³-hybridized carbons (Fsp3) is 0.300. The van der Waals surface area contributed by atoms with Gasteiger partial charge in [-0.3, -0.25) is 4.79 Å². The third-order valence-electron chi connectivity index (χ3n) is 2.01. The van der Waals surface area contributed by atoms with Gasteiger partial charge in [0.05, 0.1) is 12.1 Å². The SMILES string of the molecule is COc1c(F)cc(Cl)c(F)c1CCC(=O)O. The number of carbonyl (C=O) groups is 1. The maximum atomic E-state index is 13.5. The van der Waals surface area contributed by atoms with Gasteiger partial charge in [0.2, 0.25) is 0 Å². The van der Waals surface area contributed by atoms with Gasteiger partial charge in [0.15, 0.2) is 11.6 Å². The summed E-state index contributed by atoms with van der Waals surface area (Å²) in [7, 11) is 1.18. The highest BCUT2D eigenvalue weighted by molar-refractivity contribution is 6.30. The number of carboxylic acid groups (broad SMARTS) is 1. The number of carboxylic acids is 1. The van der Waals surface area contributed by atoms with Crippen LogP contribution in [0.2, 0.25) is 5.02 Å². The zero-order valence-corrected chi connectivity index (χ0v) is 9.15. The average Bonchev–Trinajstić information content (AvgIpc) is 2.20. The molecular formula is C10H9ClF2O3. The van der Waals surface area contributed by atoms with Crippen molar-refractivity contribution in [2.45, 2.75) is 12.8 Å². The maximum absolute atomic E-state index is 13.5. The Labute approximate surface area is 95.6 Å². The third-order valence-corrected chi connectivity index (χ3v) is 2.29. The molecule has 0 heterocycles. The third kappa shape index (κ3) is 2.61. The first kappa shape index (κ1) is 12.7. The molecule has 0 spiro atoms. The summed E-state index contributed by atoms with van der Waals surface area (Å²) in [6.45, 7) is 0. The van der Waals surface area contributed by atoms with Gasteiger partial charge < -0.3 is 9.84 Å². The Morgan fingerprint density at radius 2 is 2.19 bits per heavy atom. The van der Waals surface area contributed by atoms with Crippen LogP contribution in [0.1, 0.15) is 12.0 Å². The summed E-state index contributed by atoms with van der Waals surface area (Å²) in [6, 6.07) is 0.792. The van der Waals surface area contributed by atoms with Crippen LogP contribution in [0.4, 0.5) is 8.78 Å². The summed E-state index contributed by atoms with van der Waals surface area (Å²) in [6.07, 6.45) is -0.505. The Bertz CT molecular complexity index is 421. The second kappa shape index (κ2) is 5.12. The molecule has 0 radical (unpaired) electrons. The lowest BCUT2D eigenvalue weighted by Gasteiger charge is -2.10. The van der Waals surface area contributed by atoms with E-state index in [9.17, 15) is 13.6 Å². The van der Waals surface area contributed by atoms with E-state index in [4.69, 9.17) is 16.7 Å². The molecule has 0 unspecified atom stereocenters. The number of halogens is 3. The van der Waals surface area contributed by atoms with Gasteiger partial charge in [-0.2, -0.15) is 0 Å². The first-order valence-electron chi connectivity index (χ1n) is 4.39. The number of benzene rings is 1. The fourth-order valence-electron chi connectivity index (χ4n) is 1.30. The summed E-state index contributed by atoms with van der Waals surface area (Å²) in [5, 5.41) is 8.09. The molecule has 0 saturated carbocycles. The van der Waals surface area contributed by atoms with E-state index in [-0.39, 0.29) is 24.2 Å². The van der Waals surface area contributed by atoms with Crippen molar-refractivity contribution in [1.82, 2.24) is 0 Å². The Morgan fingerprint density at radius 3 is 2.69 bits per heavy atom. The molecule has 1 aromatic rings. The summed E-state index contributed by atoms with van der Waals surface area (Å²) in [5.74, 6) is -3.07. The van der Waals surface area contributed by atoms with Gasteiger partial charge in [-0.25, -0.2) is 8.78 Å². The van der Waals surface area contributed by atoms with Crippen LogP contribution in [-0.4, -0.2) is 18.2 Å². The summed E-state index contributed by atoms with van der Waals surface area (Å²) in [5.41, 5.74) is -0.157. The summed E-state index contributed by atoms with van der Waals surface area (Å²) >= 11 is 5.45. The largest absolute Gasteiger partial charge is 0.493 e. The average molecular weight is 251 g/mol. The maximum Gasteiger partial charge on any atom is 0.303 e. The van der Waals surface area contributed by atoms with Crippen molar-refractivity contribution in [2.24, 2.45) is 0 Å². The van der Waals surface area contributed by atoms with Gasteiger partial charge in [0, 0.05) is 12.0 Å². The Hall–Kier alpha value is -1.36. The molecule has 0 amide bonds. The van der Waals surface area contributed by atoms with E-state index in [1.54, 1.807) is 0 Å². The van der Waals surface area contributed by atoms with Crippen LogP contribution in [-0.2, 0) is 11.2 Å². The molecule has 0 aromatic heterocycles. The predicted octanol–water partition coefficient (Wildman–Crippen LogP) is 2.64. The quantitative estimate of drug-likeness (QED) is 0.836. The van der Waals surface area contributed by atoms with Crippen LogP contribution in [0.25, 0.3) is 0 Å². The normalized spacial score (nSPS) is 10.2. The highest BCUT2D eigenvalue weighted by Gasteiger charge is 2.18. The molecular weight excluding hydrogens is 242 g/mol. The molecule has 1 aromatic carbocycles. The molecule has 0 fully saturated rings. The van der Waals surface area contributed by atoms with Crippen LogP contribution in [0.3, 0.4) is 0 Å². The molecule has 3 nitrogen and oxygen atoms in total. The van der Waals surface area contributed by atoms with Crippen molar-refractivity contribution in [3.05, 3.63) is 28.3 Å². The number of hydrogen-bond donors (Lipinski definition) is 1. The molecule has 0 aliphatic heterocycles. The van der Waals surface area contributed by atoms with Crippen molar-refractivity contribution in [1.29, 1.82) is 0 Å². The van der Waals surface area contributed by atoms with Crippen LogP contribution < -0.4 is 4.74 Å². The van der Waals surface area contributed by atoms with Gasteiger partial charge in [-0.1, -0.05) is 11.6 Å². The van der Waals surface area contributed by atoms with Gasteiger partial charge in [0.25, 0.3) is 0 Å². The van der Waals surface area contributed by atoms with Crippen LogP contribution in [0, 0.1) is 11.6 Å². The van der Waals surface area contributed by atoms with Crippen molar-refractivity contribution in [2.75, 3.05) is 7.11 Å². The molecule has 16 heavy (non-hydrogen) atoms. The minimum atomic E-state index is -1.11. The van der Waals surface area contributed by atoms with Gasteiger partial charge in [0.1, 0.15) is 5.82 Å². The minimum Gasteiger partial charge on any atom is -0.493 e. The van der Waals surface area contributed by atoms with Crippen LogP contribution in [0.15, 0.2) is 6.07 Å². The number of rotatable bonds is 4. The van der Waals surface area contributed by atoms with Crippen molar-refractivity contribution in [3.8, 4) is 5.75 Å². The number of hydrogen-bond acceptors (Lipinski definition) is 2. The van der Waals surface area contributed by atoms with Crippen molar-refractivity contribution >= 4 is 17.6 Å². The minimum absolute atomic E-state index is 0.157. The van der Waals surface area contributed by atoms with E-state index in [1.165, 1.54) is 7.11 Å². The fourth-order valence-corrected chi connectivity index (χ4v) is 1.51. The lowest BCUT2D eigenvalue weighted by atomic mass is 10.1. The second-order valence-corrected chi connectivity index (χ2v) is 3.47. The molecule has 88 valence electrons. The molecule has 0 bridgehead atoms. The van der Waals surface area contributed by atoms with Crippen LogP contribution in [0.5, 0.6) is 5.75 Å². The number of methoxy groups -OCH3 is 1. The first-order chi connectivity index (χ1) is 7.47. The zero-order chi connectivity index (χ0) is 12.3. The molecule has 0 atom stereocenters. The predicted molar refractivity (Wildman–Crippen MR) is 53.9 cm³/mol. The topological polar surface area (TPSA) is 46.5 Å². The van der Waals surface area contributed by atoms with E-state index < -0.39 is 22.6 Å². The summed E-state index contributed by atoms with van der Waals surface area (Å²) < 4.78 is 31.5. The Balaban J connectivity index is 3.17. The molecule has 6 heteroatoms. The summed E-state index contributed by atoms with van der Waals surface area (Å²) in [4.78, 5) is 10.4. The number of ether oxygens (including phenoxy) is 1. The molecule has 0 saturated heterocycles. The standard InChI is InChI=1S/C10H9ClF2O3/c1-16-10-5(2-3-8(14)15)9(13)6(11)4-7(10)12/h4H,2-3H2,1H3,(H,14,15). The lowest BCUT2D eigenvalue weighted by Crippen LogP contribution is -2.04. The molecule has 1 N–H and O–H groups in total. The van der Waals surface area contributed by atoms with Crippen molar-refractivity contribution < 1.29 is 23.4 Å². The molecule has 1 rings (SSSR count). The highest BCUT2D eigenvalue weighted by Crippen LogP contribution is 2.31. The van der Waals surface area contributed by atoms with E-state index in [1.807, 2.05) is 0 Å². The lowest BCUT2D eigenvalue weighted by molar-refractivity contribution is -0.136. The zero-order valence-electron chi connectivity index (χ0n) is 8.39. The highest BCUT2D eigenvalue weighted by atomic mass is 35.5. The van der Waals surface area contributed by atoms with Gasteiger partial charge in [-0.15, -0.1) is 0 Å². The first-order valence-corrected chi connectivity index (χ1v) is 4.77. The smallest absolute Gasteiger partial charge is 0.303 e. The van der Waals surface area contributed by atoms with E-state index >= 15 is 0 Å². The second-order valence-electron chi connectivity index (χ2n) is 3.06. The molecule has 0 aliphatic rings. The molecule has 0 aliphatic carbocycles. The Morgan fingerprint density at radius 1 is 1.56 bits per heavy atom. The van der Waals surface area contributed by atoms with E-state index in [2.05, 4.69) is 4.74 Å².